The van der Waals surface area contributed by atoms with E-state index in [2.05, 4.69) is 27.1 Å². The predicted octanol–water partition coefficient (Wildman–Crippen LogP) is 2.59. The number of carbonyl (C=O) groups is 1. The number of piperidine rings is 1. The predicted molar refractivity (Wildman–Crippen MR) is 92.1 cm³/mol. The van der Waals surface area contributed by atoms with Crippen molar-refractivity contribution in [3.8, 4) is 0 Å². The summed E-state index contributed by atoms with van der Waals surface area (Å²) in [5, 5.41) is 4.12. The van der Waals surface area contributed by atoms with E-state index in [-0.39, 0.29) is 5.69 Å². The van der Waals surface area contributed by atoms with Crippen molar-refractivity contribution in [2.24, 2.45) is 5.73 Å². The molecule has 22 heavy (non-hydrogen) atoms. The van der Waals surface area contributed by atoms with E-state index in [4.69, 9.17) is 5.73 Å². The topological polar surface area (TPSA) is 84.1 Å². The number of primary amides is 1. The van der Waals surface area contributed by atoms with E-state index in [0.717, 1.165) is 43.2 Å². The van der Waals surface area contributed by atoms with Gasteiger partial charge in [-0.1, -0.05) is 13.0 Å². The number of amides is 1. The first-order valence-corrected chi connectivity index (χ1v) is 8.81. The standard InChI is InChI=1S/C15H23N5OS/c1-3-7-12(22-2)19-15-13(14(16)21)17-10-11(18-15)20-8-5-4-6-9-20/h7,10H,3-6,8-9H2,1-2H3,(H2,16,21)(H,18,19)/b12-7-. The molecule has 1 aliphatic rings. The first-order valence-electron chi connectivity index (χ1n) is 7.58. The number of thioether (sulfide) groups is 1. The molecule has 0 atom stereocenters. The lowest BCUT2D eigenvalue weighted by Crippen LogP contribution is -2.31. The monoisotopic (exact) mass is 321 g/mol. The number of hydrogen-bond acceptors (Lipinski definition) is 6. The fourth-order valence-electron chi connectivity index (χ4n) is 2.41. The van der Waals surface area contributed by atoms with Crippen LogP contribution >= 0.6 is 11.8 Å². The van der Waals surface area contributed by atoms with Crippen LogP contribution in [0.3, 0.4) is 0 Å². The molecule has 7 heteroatoms. The molecule has 1 aliphatic heterocycles. The van der Waals surface area contributed by atoms with Crippen molar-refractivity contribution >= 4 is 29.3 Å². The number of nitrogens with two attached hydrogens (primary N) is 1. The Morgan fingerprint density at radius 2 is 2.18 bits per heavy atom. The molecular weight excluding hydrogens is 298 g/mol. The van der Waals surface area contributed by atoms with Crippen LogP contribution in [0.15, 0.2) is 17.3 Å². The Bertz CT molecular complexity index is 555. The molecule has 3 N–H and O–H groups in total. The van der Waals surface area contributed by atoms with Gasteiger partial charge in [0.05, 0.1) is 11.2 Å². The van der Waals surface area contributed by atoms with Crippen molar-refractivity contribution in [1.82, 2.24) is 9.97 Å². The van der Waals surface area contributed by atoms with Crippen LogP contribution in [-0.2, 0) is 0 Å². The third-order valence-electron chi connectivity index (χ3n) is 3.52. The lowest BCUT2D eigenvalue weighted by Gasteiger charge is -2.28. The summed E-state index contributed by atoms with van der Waals surface area (Å²) >= 11 is 1.57. The van der Waals surface area contributed by atoms with Crippen molar-refractivity contribution in [3.63, 3.8) is 0 Å². The number of aromatic nitrogens is 2. The Hall–Kier alpha value is -1.76. The van der Waals surface area contributed by atoms with Crippen LogP contribution in [0.5, 0.6) is 0 Å². The largest absolute Gasteiger partial charge is 0.364 e. The molecule has 1 fully saturated rings. The lowest BCUT2D eigenvalue weighted by molar-refractivity contribution is 0.0996. The van der Waals surface area contributed by atoms with Crippen molar-refractivity contribution in [2.45, 2.75) is 32.6 Å². The molecule has 0 unspecified atom stereocenters. The van der Waals surface area contributed by atoms with Gasteiger partial charge in [-0.2, -0.15) is 0 Å². The van der Waals surface area contributed by atoms with Crippen LogP contribution < -0.4 is 16.0 Å². The molecule has 120 valence electrons. The van der Waals surface area contributed by atoms with E-state index in [1.807, 2.05) is 12.3 Å². The Labute approximate surface area is 135 Å². The molecule has 2 heterocycles. The van der Waals surface area contributed by atoms with Gasteiger partial charge in [-0.25, -0.2) is 9.97 Å². The Morgan fingerprint density at radius 3 is 2.77 bits per heavy atom. The maximum absolute atomic E-state index is 11.6. The molecule has 1 aromatic heterocycles. The fraction of sp³-hybridized carbons (Fsp3) is 0.533. The van der Waals surface area contributed by atoms with Gasteiger partial charge in [-0.05, 0) is 31.9 Å². The van der Waals surface area contributed by atoms with Gasteiger partial charge >= 0.3 is 0 Å². The molecule has 0 spiro atoms. The van der Waals surface area contributed by atoms with Crippen molar-refractivity contribution < 1.29 is 4.79 Å². The van der Waals surface area contributed by atoms with E-state index in [1.54, 1.807) is 18.0 Å². The molecule has 6 nitrogen and oxygen atoms in total. The van der Waals surface area contributed by atoms with Crippen molar-refractivity contribution in [2.75, 3.05) is 29.6 Å². The molecule has 0 saturated carbocycles. The van der Waals surface area contributed by atoms with Crippen LogP contribution in [0.4, 0.5) is 11.6 Å². The normalized spacial score (nSPS) is 15.7. The molecule has 1 saturated heterocycles. The lowest BCUT2D eigenvalue weighted by atomic mass is 10.1. The molecule has 0 aliphatic carbocycles. The van der Waals surface area contributed by atoms with Crippen LogP contribution in [0.1, 0.15) is 43.1 Å². The molecule has 1 amide bonds. The zero-order valence-electron chi connectivity index (χ0n) is 13.1. The highest BCUT2D eigenvalue weighted by atomic mass is 32.2. The second kappa shape index (κ2) is 8.03. The maximum atomic E-state index is 11.6. The van der Waals surface area contributed by atoms with Crippen LogP contribution in [0, 0.1) is 0 Å². The minimum absolute atomic E-state index is 0.178. The second-order valence-electron chi connectivity index (χ2n) is 5.14. The molecule has 0 radical (unpaired) electrons. The van der Waals surface area contributed by atoms with E-state index in [9.17, 15) is 4.79 Å². The summed E-state index contributed by atoms with van der Waals surface area (Å²) in [5.74, 6) is 0.658. The smallest absolute Gasteiger partial charge is 0.271 e. The molecular formula is C15H23N5OS. The summed E-state index contributed by atoms with van der Waals surface area (Å²) in [7, 11) is 0. The average Bonchev–Trinajstić information content (AvgIpc) is 2.55. The van der Waals surface area contributed by atoms with Crippen molar-refractivity contribution in [1.29, 1.82) is 0 Å². The first kappa shape index (κ1) is 16.6. The van der Waals surface area contributed by atoms with Gasteiger partial charge in [-0.15, -0.1) is 11.8 Å². The minimum Gasteiger partial charge on any atom is -0.364 e. The summed E-state index contributed by atoms with van der Waals surface area (Å²) < 4.78 is 0. The Morgan fingerprint density at radius 1 is 1.45 bits per heavy atom. The summed E-state index contributed by atoms with van der Waals surface area (Å²) in [5.41, 5.74) is 5.59. The van der Waals surface area contributed by atoms with Gasteiger partial charge < -0.3 is 16.0 Å². The number of allylic oxidation sites excluding steroid dienone is 1. The summed E-state index contributed by atoms with van der Waals surface area (Å²) in [4.78, 5) is 22.6. The molecule has 1 aromatic rings. The van der Waals surface area contributed by atoms with E-state index >= 15 is 0 Å². The van der Waals surface area contributed by atoms with E-state index in [1.165, 1.54) is 6.42 Å². The van der Waals surface area contributed by atoms with Crippen LogP contribution in [0.2, 0.25) is 0 Å². The van der Waals surface area contributed by atoms with E-state index < -0.39 is 5.91 Å². The van der Waals surface area contributed by atoms with Gasteiger partial charge in [-0.3, -0.25) is 4.79 Å². The van der Waals surface area contributed by atoms with Crippen molar-refractivity contribution in [3.05, 3.63) is 23.0 Å². The van der Waals surface area contributed by atoms with Gasteiger partial charge in [0.2, 0.25) is 0 Å². The highest BCUT2D eigenvalue weighted by Gasteiger charge is 2.18. The van der Waals surface area contributed by atoms with Crippen LogP contribution in [0.25, 0.3) is 0 Å². The van der Waals surface area contributed by atoms with Gasteiger partial charge in [0.15, 0.2) is 11.5 Å². The fourth-order valence-corrected chi connectivity index (χ4v) is 2.94. The Kier molecular flexibility index (Phi) is 6.06. The molecule has 0 aromatic carbocycles. The summed E-state index contributed by atoms with van der Waals surface area (Å²) in [6, 6.07) is 0. The molecule has 0 bridgehead atoms. The number of nitrogens with one attached hydrogen (secondary N) is 1. The summed E-state index contributed by atoms with van der Waals surface area (Å²) in [6.45, 7) is 4.01. The Balaban J connectivity index is 2.30. The third-order valence-corrected chi connectivity index (χ3v) is 4.23. The highest BCUT2D eigenvalue weighted by molar-refractivity contribution is 8.02. The number of anilines is 2. The molecule has 2 rings (SSSR count). The zero-order valence-corrected chi connectivity index (χ0v) is 13.9. The third kappa shape index (κ3) is 4.13. The average molecular weight is 321 g/mol. The maximum Gasteiger partial charge on any atom is 0.271 e. The van der Waals surface area contributed by atoms with Gasteiger partial charge in [0.25, 0.3) is 5.91 Å². The number of carbonyl (C=O) groups excluding carboxylic acids is 1. The highest BCUT2D eigenvalue weighted by Crippen LogP contribution is 2.23. The number of rotatable bonds is 6. The quantitative estimate of drug-likeness (QED) is 0.838. The number of hydrogen-bond donors (Lipinski definition) is 2. The minimum atomic E-state index is -0.572. The number of nitrogens with zero attached hydrogens (tertiary/aromatic N) is 3. The van der Waals surface area contributed by atoms with Gasteiger partial charge in [0, 0.05) is 13.1 Å². The first-order chi connectivity index (χ1) is 10.7. The SMILES string of the molecule is CC/C=C(/Nc1nc(N2CCCCC2)cnc1C(N)=O)SC. The van der Waals surface area contributed by atoms with E-state index in [0.29, 0.717) is 5.82 Å². The van der Waals surface area contributed by atoms with Crippen LogP contribution in [-0.4, -0.2) is 35.2 Å². The van der Waals surface area contributed by atoms with Gasteiger partial charge in [0.1, 0.15) is 5.82 Å². The second-order valence-corrected chi connectivity index (χ2v) is 5.99. The zero-order chi connectivity index (χ0) is 15.9. The summed E-state index contributed by atoms with van der Waals surface area (Å²) in [6.07, 6.45) is 10.1.